The van der Waals surface area contributed by atoms with Crippen molar-refractivity contribution >= 4 is 46.5 Å². The molecule has 0 saturated heterocycles. The number of halogens is 2. The highest BCUT2D eigenvalue weighted by atomic mass is 35.5. The second kappa shape index (κ2) is 7.28. The minimum Gasteiger partial charge on any atom is -0.478 e. The van der Waals surface area contributed by atoms with E-state index >= 15 is 0 Å². The first-order valence-electron chi connectivity index (χ1n) is 5.59. The van der Waals surface area contributed by atoms with Crippen LogP contribution in [0.3, 0.4) is 0 Å². The van der Waals surface area contributed by atoms with Gasteiger partial charge in [0.05, 0.1) is 0 Å². The first-order valence-corrected chi connectivity index (χ1v) is 7.16. The number of carbonyl (C=O) groups excluding carboxylic acids is 2. The zero-order valence-corrected chi connectivity index (χ0v) is 13.7. The third kappa shape index (κ3) is 6.57. The van der Waals surface area contributed by atoms with Crippen LogP contribution < -0.4 is 4.74 Å². The summed E-state index contributed by atoms with van der Waals surface area (Å²) >= 11 is 12.4. The van der Waals surface area contributed by atoms with Gasteiger partial charge in [-0.3, -0.25) is 0 Å². The monoisotopic (exact) mass is 370 g/mol. The molecule has 0 aromatic carbocycles. The predicted molar refractivity (Wildman–Crippen MR) is 82.6 cm³/mol. The second-order valence-electron chi connectivity index (χ2n) is 4.21. The van der Waals surface area contributed by atoms with Gasteiger partial charge in [-0.1, -0.05) is 23.2 Å². The minimum absolute atomic E-state index is 0.00975. The van der Waals surface area contributed by atoms with Crippen LogP contribution in [0.2, 0.25) is 9.36 Å². The molecule has 0 amide bonds. The van der Waals surface area contributed by atoms with Crippen LogP contribution in [0.5, 0.6) is 5.75 Å². The summed E-state index contributed by atoms with van der Waals surface area (Å²) in [5.41, 5.74) is -4.41. The molecule has 8 heteroatoms. The lowest BCUT2D eigenvalue weighted by atomic mass is 10.2. The van der Waals surface area contributed by atoms with E-state index in [9.17, 15) is 9.59 Å². The molecule has 0 fully saturated rings. The number of esters is 2. The van der Waals surface area contributed by atoms with E-state index in [2.05, 4.69) is 9.47 Å². The topological polar surface area (TPSA) is 61.8 Å². The average Bonchev–Trinajstić information content (AvgIpc) is 2.59. The molecule has 0 bridgehead atoms. The number of hydrogen-bond acceptors (Lipinski definition) is 6. The third-order valence-corrected chi connectivity index (χ3v) is 3.78. The summed E-state index contributed by atoms with van der Waals surface area (Å²) in [5, 5.41) is -0.146. The van der Waals surface area contributed by atoms with Crippen molar-refractivity contribution in [3.63, 3.8) is 0 Å². The largest absolute Gasteiger partial charge is 0.478 e. The van der Waals surface area contributed by atoms with Gasteiger partial charge in [-0.2, -0.15) is 0 Å². The molecule has 1 aromatic heterocycles. The normalized spacial score (nSPS) is 12.0. The van der Waals surface area contributed by atoms with Crippen molar-refractivity contribution in [3.05, 3.63) is 55.8 Å². The van der Waals surface area contributed by atoms with Crippen LogP contribution in [0.15, 0.2) is 0 Å². The van der Waals surface area contributed by atoms with Crippen molar-refractivity contribution < 1.29 is 23.8 Å². The van der Waals surface area contributed by atoms with Crippen molar-refractivity contribution in [2.45, 2.75) is 11.2 Å². The molecule has 0 aliphatic rings. The van der Waals surface area contributed by atoms with E-state index in [1.165, 1.54) is 0 Å². The summed E-state index contributed by atoms with van der Waals surface area (Å²) in [6, 6.07) is 0. The molecule has 0 unspecified atom stereocenters. The van der Waals surface area contributed by atoms with Crippen LogP contribution in [-0.2, 0) is 14.3 Å². The van der Waals surface area contributed by atoms with Gasteiger partial charge in [0.15, 0.2) is 17.2 Å². The van der Waals surface area contributed by atoms with E-state index in [1.807, 2.05) is 0 Å². The van der Waals surface area contributed by atoms with E-state index < -0.39 is 29.7 Å². The molecule has 1 aromatic rings. The Hall–Kier alpha value is -0.980. The van der Waals surface area contributed by atoms with Crippen molar-refractivity contribution in [1.82, 2.24) is 0 Å². The van der Waals surface area contributed by atoms with Crippen molar-refractivity contribution in [1.29, 1.82) is 0 Å². The van der Waals surface area contributed by atoms with Crippen molar-refractivity contribution in [2.24, 2.45) is 0 Å². The highest BCUT2D eigenvalue weighted by Crippen LogP contribution is 2.43. The summed E-state index contributed by atoms with van der Waals surface area (Å²) in [6.07, 6.45) is 0. The fourth-order valence-electron chi connectivity index (χ4n) is 1.20. The quantitative estimate of drug-likeness (QED) is 0.720. The summed E-state index contributed by atoms with van der Waals surface area (Å²) in [4.78, 5) is 23.1. The maximum Gasteiger partial charge on any atom is 0.352 e. The maximum atomic E-state index is 11.9. The first-order chi connectivity index (χ1) is 10.3. The fraction of sp³-hybridized carbons (Fsp3) is 0.200. The van der Waals surface area contributed by atoms with Crippen LogP contribution in [0.1, 0.15) is 9.67 Å². The molecule has 0 saturated carbocycles. The smallest absolute Gasteiger partial charge is 0.352 e. The van der Waals surface area contributed by atoms with E-state index in [4.69, 9.17) is 69.5 Å². The molecule has 0 spiro atoms. The Balaban J connectivity index is 2.90. The van der Waals surface area contributed by atoms with Crippen LogP contribution in [0.25, 0.3) is 0 Å². The number of carbonyl (C=O) groups is 2. The Kier molecular flexibility index (Phi) is 6.35. The van der Waals surface area contributed by atoms with E-state index in [0.717, 1.165) is 0 Å². The first kappa shape index (κ1) is 20.1. The molecular formula is C15H8Cl2O5S. The molecule has 12 radical (unpaired) electrons. The highest BCUT2D eigenvalue weighted by Gasteiger charge is 2.28. The molecule has 1 heterocycles. The third-order valence-electron chi connectivity index (χ3n) is 1.85. The Morgan fingerprint density at radius 2 is 1.52 bits per heavy atom. The lowest BCUT2D eigenvalue weighted by Crippen LogP contribution is -2.28. The summed E-state index contributed by atoms with van der Waals surface area (Å²) in [5.74, 6) is -2.35. The Morgan fingerprint density at radius 3 is 2.00 bits per heavy atom. The molecule has 0 aliphatic carbocycles. The number of thiophene rings is 1. The maximum absolute atomic E-state index is 11.9. The lowest BCUT2D eigenvalue weighted by molar-refractivity contribution is -0.151. The lowest BCUT2D eigenvalue weighted by Gasteiger charge is -2.19. The van der Waals surface area contributed by atoms with E-state index in [0.29, 0.717) is 11.3 Å². The SMILES string of the molecule is [CH]C([CH])([CH])OC(=O)COc1c(C(=O)OC([CH])([CH])[CH])sc(Cl)c1Cl. The molecule has 0 N–H and O–H groups in total. The molecule has 23 heavy (non-hydrogen) atoms. The Labute approximate surface area is 149 Å². The number of hydrogen-bond donors (Lipinski definition) is 0. The molecule has 0 aliphatic heterocycles. The van der Waals surface area contributed by atoms with Gasteiger partial charge in [0, 0.05) is 41.5 Å². The number of rotatable bonds is 6. The summed E-state index contributed by atoms with van der Waals surface area (Å²) in [7, 11) is 0. The number of ether oxygens (including phenoxy) is 3. The van der Waals surface area contributed by atoms with E-state index in [-0.39, 0.29) is 20.0 Å². The molecular weight excluding hydrogens is 363 g/mol. The molecule has 5 nitrogen and oxygen atoms in total. The average molecular weight is 371 g/mol. The van der Waals surface area contributed by atoms with Gasteiger partial charge in [0.1, 0.15) is 20.6 Å². The highest BCUT2D eigenvalue weighted by molar-refractivity contribution is 7.19. The van der Waals surface area contributed by atoms with Gasteiger partial charge in [-0.15, -0.1) is 11.3 Å². The zero-order chi connectivity index (χ0) is 18.0. The van der Waals surface area contributed by atoms with Gasteiger partial charge in [-0.25, -0.2) is 9.59 Å². The minimum atomic E-state index is -2.23. The molecule has 0 atom stereocenters. The van der Waals surface area contributed by atoms with Crippen molar-refractivity contribution in [2.75, 3.05) is 6.61 Å². The summed E-state index contributed by atoms with van der Waals surface area (Å²) in [6.45, 7) is 30.0. The zero-order valence-electron chi connectivity index (χ0n) is 11.4. The van der Waals surface area contributed by atoms with Gasteiger partial charge in [0.25, 0.3) is 0 Å². The van der Waals surface area contributed by atoms with Crippen molar-refractivity contribution in [3.8, 4) is 5.75 Å². The van der Waals surface area contributed by atoms with Crippen LogP contribution in [0.4, 0.5) is 0 Å². The van der Waals surface area contributed by atoms with Crippen LogP contribution >= 0.6 is 34.5 Å². The summed E-state index contributed by atoms with van der Waals surface area (Å²) < 4.78 is 14.0. The predicted octanol–water partition coefficient (Wildman–Crippen LogP) is 2.88. The molecule has 1 rings (SSSR count). The van der Waals surface area contributed by atoms with Crippen LogP contribution in [-0.4, -0.2) is 29.7 Å². The van der Waals surface area contributed by atoms with Gasteiger partial charge in [0.2, 0.25) is 0 Å². The fourth-order valence-corrected chi connectivity index (χ4v) is 2.58. The van der Waals surface area contributed by atoms with Gasteiger partial charge < -0.3 is 14.2 Å². The van der Waals surface area contributed by atoms with Gasteiger partial charge in [-0.05, 0) is 0 Å². The van der Waals surface area contributed by atoms with E-state index in [1.54, 1.807) is 0 Å². The Morgan fingerprint density at radius 1 is 1.00 bits per heavy atom. The van der Waals surface area contributed by atoms with Crippen LogP contribution in [0, 0.1) is 41.5 Å². The molecule has 118 valence electrons. The second-order valence-corrected chi connectivity index (χ2v) is 6.21. The Bertz CT molecular complexity index is 596. The standard InChI is InChI=1S/C15H8Cl2O5S/c1-14(2,3)21-8(18)7-20-10-9(16)12(17)23-11(10)13(19)22-15(4,5)6/h1-6H,7H2. The van der Waals surface area contributed by atoms with Gasteiger partial charge >= 0.3 is 11.9 Å².